The number of methoxy groups -OCH3 is 1. The standard InChI is InChI=1S/C19H17N3O3S/c1-24-19(23)20-14-4-2-13(3-5-14)17-21-16(12-6-9-25-10-7-12)15-8-11-26-18(15)22-17/h2-6,8,11H,7,9-10H2,1H3,(H,20,23). The molecule has 0 unspecified atom stereocenters. The quantitative estimate of drug-likeness (QED) is 0.745. The number of hydrogen-bond acceptors (Lipinski definition) is 6. The molecule has 0 fully saturated rings. The molecule has 132 valence electrons. The van der Waals surface area contributed by atoms with Gasteiger partial charge in [0.2, 0.25) is 0 Å². The third-order valence-electron chi connectivity index (χ3n) is 4.17. The van der Waals surface area contributed by atoms with Crippen molar-refractivity contribution in [1.29, 1.82) is 0 Å². The van der Waals surface area contributed by atoms with Gasteiger partial charge in [-0.05, 0) is 47.7 Å². The summed E-state index contributed by atoms with van der Waals surface area (Å²) in [5.41, 5.74) is 3.73. The number of benzene rings is 1. The first-order chi connectivity index (χ1) is 12.7. The number of carbonyl (C=O) groups is 1. The highest BCUT2D eigenvalue weighted by molar-refractivity contribution is 7.16. The van der Waals surface area contributed by atoms with Gasteiger partial charge in [0.25, 0.3) is 0 Å². The van der Waals surface area contributed by atoms with E-state index in [4.69, 9.17) is 14.7 Å². The molecule has 6 nitrogen and oxygen atoms in total. The van der Waals surface area contributed by atoms with Crippen molar-refractivity contribution in [1.82, 2.24) is 9.97 Å². The van der Waals surface area contributed by atoms with Gasteiger partial charge in [-0.2, -0.15) is 0 Å². The second-order valence-electron chi connectivity index (χ2n) is 5.78. The Labute approximate surface area is 154 Å². The van der Waals surface area contributed by atoms with Crippen LogP contribution in [0, 0.1) is 0 Å². The maximum absolute atomic E-state index is 11.3. The Hall–Kier alpha value is -2.77. The molecule has 0 radical (unpaired) electrons. The number of nitrogens with zero attached hydrogens (tertiary/aromatic N) is 2. The Kier molecular flexibility index (Phi) is 4.64. The van der Waals surface area contributed by atoms with Gasteiger partial charge in [0.15, 0.2) is 5.82 Å². The largest absolute Gasteiger partial charge is 0.453 e. The highest BCUT2D eigenvalue weighted by atomic mass is 32.1. The van der Waals surface area contributed by atoms with Crippen LogP contribution in [0.15, 0.2) is 41.8 Å². The zero-order valence-corrected chi connectivity index (χ0v) is 15.0. The van der Waals surface area contributed by atoms with Crippen molar-refractivity contribution in [2.24, 2.45) is 0 Å². The van der Waals surface area contributed by atoms with E-state index in [1.165, 1.54) is 12.7 Å². The number of rotatable bonds is 3. The second-order valence-corrected chi connectivity index (χ2v) is 6.68. The number of aromatic nitrogens is 2. The predicted octanol–water partition coefficient (Wildman–Crippen LogP) is 4.34. The number of fused-ring (bicyclic) bond motifs is 1. The molecule has 1 aromatic carbocycles. The van der Waals surface area contributed by atoms with Crippen LogP contribution in [-0.2, 0) is 9.47 Å². The average Bonchev–Trinajstić information content (AvgIpc) is 3.17. The first-order valence-corrected chi connectivity index (χ1v) is 9.10. The lowest BCUT2D eigenvalue weighted by molar-refractivity contribution is 0.161. The molecule has 0 aliphatic carbocycles. The molecule has 0 saturated carbocycles. The van der Waals surface area contributed by atoms with Crippen LogP contribution in [0.4, 0.5) is 10.5 Å². The van der Waals surface area contributed by atoms with E-state index in [9.17, 15) is 4.79 Å². The van der Waals surface area contributed by atoms with Crippen LogP contribution < -0.4 is 5.32 Å². The molecule has 1 aliphatic rings. The SMILES string of the molecule is COC(=O)Nc1ccc(-c2nc(C3=CCOCC3)c3ccsc3n2)cc1. The van der Waals surface area contributed by atoms with E-state index < -0.39 is 6.09 Å². The molecule has 0 bridgehead atoms. The Bertz CT molecular complexity index is 979. The van der Waals surface area contributed by atoms with Gasteiger partial charge < -0.3 is 9.47 Å². The zero-order valence-electron chi connectivity index (χ0n) is 14.2. The number of carbonyl (C=O) groups excluding carboxylic acids is 1. The van der Waals surface area contributed by atoms with Gasteiger partial charge in [0, 0.05) is 16.6 Å². The highest BCUT2D eigenvalue weighted by Crippen LogP contribution is 2.31. The normalized spacial score (nSPS) is 14.1. The molecule has 3 heterocycles. The minimum atomic E-state index is -0.497. The lowest BCUT2D eigenvalue weighted by Gasteiger charge is -2.14. The number of anilines is 1. The van der Waals surface area contributed by atoms with Crippen LogP contribution in [0.2, 0.25) is 0 Å². The molecular formula is C19H17N3O3S. The van der Waals surface area contributed by atoms with Gasteiger partial charge in [-0.3, -0.25) is 5.32 Å². The fraction of sp³-hybridized carbons (Fsp3) is 0.211. The van der Waals surface area contributed by atoms with E-state index in [1.54, 1.807) is 11.3 Å². The molecular weight excluding hydrogens is 350 g/mol. The molecule has 0 spiro atoms. The molecule has 1 amide bonds. The van der Waals surface area contributed by atoms with Crippen LogP contribution in [0.25, 0.3) is 27.2 Å². The van der Waals surface area contributed by atoms with Crippen molar-refractivity contribution in [3.05, 3.63) is 47.5 Å². The van der Waals surface area contributed by atoms with Crippen molar-refractivity contribution in [2.75, 3.05) is 25.6 Å². The van der Waals surface area contributed by atoms with Crippen LogP contribution in [0.5, 0.6) is 0 Å². The third kappa shape index (κ3) is 3.31. The minimum absolute atomic E-state index is 0.497. The van der Waals surface area contributed by atoms with Gasteiger partial charge in [-0.15, -0.1) is 11.3 Å². The van der Waals surface area contributed by atoms with Gasteiger partial charge in [0.1, 0.15) is 4.83 Å². The summed E-state index contributed by atoms with van der Waals surface area (Å²) >= 11 is 1.61. The van der Waals surface area contributed by atoms with Crippen LogP contribution in [0.3, 0.4) is 0 Å². The molecule has 4 rings (SSSR count). The number of hydrogen-bond donors (Lipinski definition) is 1. The summed E-state index contributed by atoms with van der Waals surface area (Å²) in [5, 5.41) is 5.75. The van der Waals surface area contributed by atoms with Crippen LogP contribution >= 0.6 is 11.3 Å². The van der Waals surface area contributed by atoms with Gasteiger partial charge in [-0.1, -0.05) is 6.08 Å². The maximum Gasteiger partial charge on any atom is 0.411 e. The van der Waals surface area contributed by atoms with Crippen molar-refractivity contribution >= 4 is 38.9 Å². The van der Waals surface area contributed by atoms with Gasteiger partial charge in [0.05, 0.1) is 26.0 Å². The van der Waals surface area contributed by atoms with E-state index in [1.807, 2.05) is 29.6 Å². The summed E-state index contributed by atoms with van der Waals surface area (Å²) in [7, 11) is 1.33. The topological polar surface area (TPSA) is 73.3 Å². The Morgan fingerprint density at radius 1 is 1.23 bits per heavy atom. The zero-order chi connectivity index (χ0) is 17.9. The third-order valence-corrected chi connectivity index (χ3v) is 4.97. The molecule has 7 heteroatoms. The molecule has 0 saturated heterocycles. The van der Waals surface area contributed by atoms with Crippen molar-refractivity contribution in [2.45, 2.75) is 6.42 Å². The molecule has 1 aliphatic heterocycles. The highest BCUT2D eigenvalue weighted by Gasteiger charge is 2.16. The number of ether oxygens (including phenoxy) is 2. The summed E-state index contributed by atoms with van der Waals surface area (Å²) in [4.78, 5) is 21.8. The summed E-state index contributed by atoms with van der Waals surface area (Å²) in [6.45, 7) is 1.33. The van der Waals surface area contributed by atoms with E-state index in [2.05, 4.69) is 22.2 Å². The fourth-order valence-corrected chi connectivity index (χ4v) is 3.61. The maximum atomic E-state index is 11.3. The smallest absolute Gasteiger partial charge is 0.411 e. The van der Waals surface area contributed by atoms with Crippen molar-refractivity contribution < 1.29 is 14.3 Å². The Morgan fingerprint density at radius 3 is 2.81 bits per heavy atom. The summed E-state index contributed by atoms with van der Waals surface area (Å²) in [6, 6.07) is 9.46. The summed E-state index contributed by atoms with van der Waals surface area (Å²) in [5.74, 6) is 0.673. The first-order valence-electron chi connectivity index (χ1n) is 8.22. The number of thiophene rings is 1. The summed E-state index contributed by atoms with van der Waals surface area (Å²) < 4.78 is 10.0. The van der Waals surface area contributed by atoms with Crippen LogP contribution in [-0.4, -0.2) is 36.4 Å². The van der Waals surface area contributed by atoms with E-state index in [-0.39, 0.29) is 0 Å². The van der Waals surface area contributed by atoms with Crippen LogP contribution in [0.1, 0.15) is 12.1 Å². The second kappa shape index (κ2) is 7.23. The van der Waals surface area contributed by atoms with Crippen molar-refractivity contribution in [3.63, 3.8) is 0 Å². The van der Waals surface area contributed by atoms with E-state index in [0.29, 0.717) is 24.7 Å². The Balaban J connectivity index is 1.72. The minimum Gasteiger partial charge on any atom is -0.453 e. The van der Waals surface area contributed by atoms with Gasteiger partial charge >= 0.3 is 6.09 Å². The Morgan fingerprint density at radius 2 is 2.08 bits per heavy atom. The van der Waals surface area contributed by atoms with Gasteiger partial charge in [-0.25, -0.2) is 14.8 Å². The number of amides is 1. The molecule has 2 aromatic heterocycles. The van der Waals surface area contributed by atoms with Crippen molar-refractivity contribution in [3.8, 4) is 11.4 Å². The van der Waals surface area contributed by atoms with E-state index in [0.717, 1.165) is 27.9 Å². The predicted molar refractivity (Wildman–Crippen MR) is 102 cm³/mol. The lowest BCUT2D eigenvalue weighted by Crippen LogP contribution is -2.10. The van der Waals surface area contributed by atoms with E-state index >= 15 is 0 Å². The lowest BCUT2D eigenvalue weighted by atomic mass is 10.0. The summed E-state index contributed by atoms with van der Waals surface area (Å²) in [6.07, 6.45) is 2.45. The molecule has 0 atom stereocenters. The average molecular weight is 367 g/mol. The molecule has 1 N–H and O–H groups in total. The fourth-order valence-electron chi connectivity index (χ4n) is 2.84. The first kappa shape index (κ1) is 16.7. The molecule has 26 heavy (non-hydrogen) atoms. The monoisotopic (exact) mass is 367 g/mol. The molecule has 3 aromatic rings. The number of nitrogens with one attached hydrogen (secondary N) is 1.